The van der Waals surface area contributed by atoms with E-state index in [1.165, 1.54) is 21.1 Å². The molecule has 1 amide bonds. The highest BCUT2D eigenvalue weighted by atomic mass is 19.3. The smallest absolute Gasteiger partial charge is 0.383 e. The average Bonchev–Trinajstić information content (AvgIpc) is 2.46. The summed E-state index contributed by atoms with van der Waals surface area (Å²) in [5.74, 6) is -7.77. The quantitative estimate of drug-likeness (QED) is 0.817. The lowest BCUT2D eigenvalue weighted by Crippen LogP contribution is -2.46. The van der Waals surface area contributed by atoms with E-state index in [0.717, 1.165) is 12.1 Å². The number of ether oxygens (including phenoxy) is 2. The molecule has 124 valence electrons. The predicted molar refractivity (Wildman–Crippen MR) is 67.0 cm³/mol. The SMILES string of the molecule is COc1cc(F)c([C@@H](C)NC(=O)C(F)(F)C(F)F)cc1OC. The van der Waals surface area contributed by atoms with Crippen LogP contribution in [0, 0.1) is 5.82 Å². The number of amides is 1. The Hall–Kier alpha value is -2.06. The summed E-state index contributed by atoms with van der Waals surface area (Å²) < 4.78 is 73.6. The van der Waals surface area contributed by atoms with Crippen molar-refractivity contribution < 1.29 is 36.2 Å². The van der Waals surface area contributed by atoms with Crippen LogP contribution < -0.4 is 14.8 Å². The van der Waals surface area contributed by atoms with E-state index in [-0.39, 0.29) is 17.1 Å². The highest BCUT2D eigenvalue weighted by Crippen LogP contribution is 2.33. The molecule has 1 aromatic carbocycles. The summed E-state index contributed by atoms with van der Waals surface area (Å²) in [6, 6.07) is 0.777. The van der Waals surface area contributed by atoms with Crippen molar-refractivity contribution in [1.29, 1.82) is 0 Å². The lowest BCUT2D eigenvalue weighted by atomic mass is 10.1. The number of hydrogen-bond acceptors (Lipinski definition) is 3. The number of alkyl halides is 4. The van der Waals surface area contributed by atoms with E-state index in [2.05, 4.69) is 0 Å². The Kier molecular flexibility index (Phi) is 5.56. The zero-order chi connectivity index (χ0) is 17.1. The maximum atomic E-state index is 13.9. The molecule has 0 aromatic heterocycles. The molecule has 0 unspecified atom stereocenters. The first kappa shape index (κ1) is 18.0. The van der Waals surface area contributed by atoms with Crippen LogP contribution in [0.15, 0.2) is 12.1 Å². The van der Waals surface area contributed by atoms with E-state index in [4.69, 9.17) is 9.47 Å². The van der Waals surface area contributed by atoms with Crippen LogP contribution in [-0.2, 0) is 4.79 Å². The van der Waals surface area contributed by atoms with Crippen LogP contribution in [0.4, 0.5) is 22.0 Å². The third-order valence-electron chi connectivity index (χ3n) is 2.89. The fraction of sp³-hybridized carbons (Fsp3) is 0.462. The molecule has 0 fully saturated rings. The molecule has 0 saturated heterocycles. The van der Waals surface area contributed by atoms with Gasteiger partial charge in [-0.1, -0.05) is 0 Å². The van der Waals surface area contributed by atoms with Gasteiger partial charge in [0, 0.05) is 11.6 Å². The topological polar surface area (TPSA) is 47.6 Å². The van der Waals surface area contributed by atoms with Gasteiger partial charge in [0.2, 0.25) is 0 Å². The summed E-state index contributed by atoms with van der Waals surface area (Å²) in [5, 5.41) is 1.64. The van der Waals surface area contributed by atoms with Gasteiger partial charge in [-0.05, 0) is 13.0 Å². The fourth-order valence-electron chi connectivity index (χ4n) is 1.67. The van der Waals surface area contributed by atoms with Gasteiger partial charge in [-0.15, -0.1) is 0 Å². The van der Waals surface area contributed by atoms with Crippen molar-refractivity contribution in [2.75, 3.05) is 14.2 Å². The number of methoxy groups -OCH3 is 2. The third kappa shape index (κ3) is 3.58. The Morgan fingerprint density at radius 1 is 1.18 bits per heavy atom. The van der Waals surface area contributed by atoms with Gasteiger partial charge in [-0.3, -0.25) is 4.79 Å². The van der Waals surface area contributed by atoms with Crippen LogP contribution in [0.5, 0.6) is 11.5 Å². The second-order valence-corrected chi connectivity index (χ2v) is 4.35. The molecular formula is C13H14F5NO3. The number of nitrogens with one attached hydrogen (secondary N) is 1. The Balaban J connectivity index is 3.04. The van der Waals surface area contributed by atoms with Crippen LogP contribution in [0.3, 0.4) is 0 Å². The molecule has 0 bridgehead atoms. The monoisotopic (exact) mass is 327 g/mol. The predicted octanol–water partition coefficient (Wildman–Crippen LogP) is 2.92. The standard InChI is InChI=1S/C13H14F5NO3/c1-6(19-12(20)13(17,18)11(15)16)7-4-9(21-2)10(22-3)5-8(7)14/h4-6,11H,1-3H3,(H,19,20)/t6-/m1/s1. The molecule has 0 radical (unpaired) electrons. The number of halogens is 5. The minimum Gasteiger partial charge on any atom is -0.493 e. The second kappa shape index (κ2) is 6.80. The van der Waals surface area contributed by atoms with Gasteiger partial charge in [-0.25, -0.2) is 13.2 Å². The molecule has 1 rings (SSSR count). The van der Waals surface area contributed by atoms with Crippen molar-refractivity contribution in [3.63, 3.8) is 0 Å². The van der Waals surface area contributed by atoms with E-state index in [0.29, 0.717) is 0 Å². The average molecular weight is 327 g/mol. The normalized spacial score (nSPS) is 13.0. The first-order valence-electron chi connectivity index (χ1n) is 6.03. The molecule has 0 aliphatic rings. The molecular weight excluding hydrogens is 313 g/mol. The third-order valence-corrected chi connectivity index (χ3v) is 2.89. The first-order chi connectivity index (χ1) is 10.1. The zero-order valence-electron chi connectivity index (χ0n) is 11.9. The lowest BCUT2D eigenvalue weighted by Gasteiger charge is -2.20. The lowest BCUT2D eigenvalue weighted by molar-refractivity contribution is -0.170. The van der Waals surface area contributed by atoms with Crippen molar-refractivity contribution in [3.8, 4) is 11.5 Å². The molecule has 0 heterocycles. The molecule has 4 nitrogen and oxygen atoms in total. The van der Waals surface area contributed by atoms with Gasteiger partial charge in [-0.2, -0.15) is 8.78 Å². The van der Waals surface area contributed by atoms with Gasteiger partial charge in [0.25, 0.3) is 5.91 Å². The minimum atomic E-state index is -4.86. The van der Waals surface area contributed by atoms with Crippen molar-refractivity contribution in [2.45, 2.75) is 25.3 Å². The molecule has 0 aliphatic heterocycles. The summed E-state index contributed by atoms with van der Waals surface area (Å²) in [4.78, 5) is 11.2. The minimum absolute atomic E-state index is 0.0557. The summed E-state index contributed by atoms with van der Waals surface area (Å²) >= 11 is 0. The van der Waals surface area contributed by atoms with Gasteiger partial charge in [0.05, 0.1) is 20.3 Å². The molecule has 0 saturated carbocycles. The van der Waals surface area contributed by atoms with Gasteiger partial charge in [0.1, 0.15) is 5.82 Å². The number of hydrogen-bond donors (Lipinski definition) is 1. The van der Waals surface area contributed by atoms with Crippen LogP contribution in [-0.4, -0.2) is 32.5 Å². The molecule has 9 heteroatoms. The summed E-state index contributed by atoms with van der Waals surface area (Å²) in [5.41, 5.74) is -0.212. The highest BCUT2D eigenvalue weighted by Gasteiger charge is 2.49. The van der Waals surface area contributed by atoms with Gasteiger partial charge >= 0.3 is 12.3 Å². The van der Waals surface area contributed by atoms with E-state index < -0.39 is 30.1 Å². The van der Waals surface area contributed by atoms with E-state index in [1.54, 1.807) is 5.32 Å². The highest BCUT2D eigenvalue weighted by molar-refractivity contribution is 5.84. The zero-order valence-corrected chi connectivity index (χ0v) is 11.9. The Morgan fingerprint density at radius 2 is 1.68 bits per heavy atom. The molecule has 1 N–H and O–H groups in total. The van der Waals surface area contributed by atoms with E-state index >= 15 is 0 Å². The van der Waals surface area contributed by atoms with Crippen LogP contribution in [0.1, 0.15) is 18.5 Å². The van der Waals surface area contributed by atoms with Crippen LogP contribution in [0.2, 0.25) is 0 Å². The molecule has 1 aromatic rings. The van der Waals surface area contributed by atoms with Crippen LogP contribution >= 0.6 is 0 Å². The molecule has 22 heavy (non-hydrogen) atoms. The number of carbonyl (C=O) groups excluding carboxylic acids is 1. The Morgan fingerprint density at radius 3 is 2.14 bits per heavy atom. The Bertz CT molecular complexity index is 551. The summed E-state index contributed by atoms with van der Waals surface area (Å²) in [7, 11) is 2.54. The van der Waals surface area contributed by atoms with Gasteiger partial charge in [0.15, 0.2) is 11.5 Å². The molecule has 1 atom stereocenters. The van der Waals surface area contributed by atoms with Gasteiger partial charge < -0.3 is 14.8 Å². The summed E-state index contributed by atoms with van der Waals surface area (Å²) in [6.45, 7) is 1.17. The Labute approximate surface area is 123 Å². The van der Waals surface area contributed by atoms with Crippen molar-refractivity contribution >= 4 is 5.91 Å². The largest absolute Gasteiger partial charge is 0.493 e. The molecule has 0 aliphatic carbocycles. The molecule has 0 spiro atoms. The van der Waals surface area contributed by atoms with E-state index in [9.17, 15) is 26.7 Å². The first-order valence-corrected chi connectivity index (χ1v) is 6.03. The van der Waals surface area contributed by atoms with Crippen molar-refractivity contribution in [1.82, 2.24) is 5.32 Å². The summed E-state index contributed by atoms with van der Waals surface area (Å²) in [6.07, 6.45) is -4.16. The van der Waals surface area contributed by atoms with Crippen molar-refractivity contribution in [3.05, 3.63) is 23.5 Å². The fourth-order valence-corrected chi connectivity index (χ4v) is 1.67. The second-order valence-electron chi connectivity index (χ2n) is 4.35. The number of rotatable bonds is 6. The maximum Gasteiger partial charge on any atom is 0.383 e. The van der Waals surface area contributed by atoms with E-state index in [1.807, 2.05) is 0 Å². The number of carbonyl (C=O) groups is 1. The van der Waals surface area contributed by atoms with Crippen LogP contribution in [0.25, 0.3) is 0 Å². The van der Waals surface area contributed by atoms with Crippen molar-refractivity contribution in [2.24, 2.45) is 0 Å². The number of benzene rings is 1. The maximum absolute atomic E-state index is 13.9.